The summed E-state index contributed by atoms with van der Waals surface area (Å²) in [6.45, 7) is 0. The molecule has 7 nitrogen and oxygen atoms in total. The summed E-state index contributed by atoms with van der Waals surface area (Å²) in [5, 5.41) is 15.0. The zero-order valence-corrected chi connectivity index (χ0v) is 16.1. The van der Waals surface area contributed by atoms with Crippen LogP contribution in [0.1, 0.15) is 52.1 Å². The van der Waals surface area contributed by atoms with E-state index in [1.54, 1.807) is 6.07 Å². The quantitative estimate of drug-likeness (QED) is 0.760. The highest BCUT2D eigenvalue weighted by Gasteiger charge is 2.24. The van der Waals surface area contributed by atoms with E-state index >= 15 is 0 Å². The predicted molar refractivity (Wildman–Crippen MR) is 100 cm³/mol. The lowest BCUT2D eigenvalue weighted by Gasteiger charge is -2.22. The van der Waals surface area contributed by atoms with Crippen LogP contribution in [0.4, 0.5) is 5.69 Å². The molecule has 0 saturated heterocycles. The van der Waals surface area contributed by atoms with Crippen molar-refractivity contribution in [3.63, 3.8) is 0 Å². The van der Waals surface area contributed by atoms with Crippen molar-refractivity contribution in [2.24, 2.45) is 0 Å². The van der Waals surface area contributed by atoms with Gasteiger partial charge in [0.1, 0.15) is 0 Å². The molecule has 0 unspecified atom stereocenters. The molecule has 1 fully saturated rings. The third kappa shape index (κ3) is 4.74. The first-order valence-electron chi connectivity index (χ1n) is 8.59. The SMILES string of the molecule is O=C(Nc1ccccc1C(=O)[O-])c1cc(S(=O)(=O)NC2CCCCC2)cs1. The lowest BCUT2D eigenvalue weighted by Crippen LogP contribution is -2.35. The summed E-state index contributed by atoms with van der Waals surface area (Å²) in [5.41, 5.74) is -0.0464. The number of carbonyl (C=O) groups is 2. The van der Waals surface area contributed by atoms with E-state index in [9.17, 15) is 23.1 Å². The van der Waals surface area contributed by atoms with Crippen LogP contribution < -0.4 is 15.1 Å². The van der Waals surface area contributed by atoms with Crippen molar-refractivity contribution in [1.29, 1.82) is 0 Å². The van der Waals surface area contributed by atoms with Crippen molar-refractivity contribution in [3.8, 4) is 0 Å². The van der Waals surface area contributed by atoms with Crippen LogP contribution in [0.25, 0.3) is 0 Å². The zero-order valence-electron chi connectivity index (χ0n) is 14.4. The van der Waals surface area contributed by atoms with Gasteiger partial charge in [0.15, 0.2) is 0 Å². The molecule has 2 N–H and O–H groups in total. The molecule has 0 radical (unpaired) electrons. The van der Waals surface area contributed by atoms with Crippen LogP contribution in [0, 0.1) is 0 Å². The molecule has 2 aromatic rings. The number of hydrogen-bond acceptors (Lipinski definition) is 6. The summed E-state index contributed by atoms with van der Waals surface area (Å²) in [5.74, 6) is -1.98. The fourth-order valence-electron chi connectivity index (χ4n) is 3.04. The molecule has 0 spiro atoms. The number of sulfonamides is 1. The van der Waals surface area contributed by atoms with Gasteiger partial charge in [-0.25, -0.2) is 13.1 Å². The van der Waals surface area contributed by atoms with E-state index in [1.807, 2.05) is 0 Å². The van der Waals surface area contributed by atoms with E-state index in [-0.39, 0.29) is 27.1 Å². The predicted octanol–water partition coefficient (Wildman–Crippen LogP) is 1.97. The second kappa shape index (κ2) is 8.20. The number of carboxylic acids is 1. The molecule has 1 aromatic heterocycles. The van der Waals surface area contributed by atoms with Gasteiger partial charge in [0.2, 0.25) is 10.0 Å². The number of carbonyl (C=O) groups excluding carboxylic acids is 2. The van der Waals surface area contributed by atoms with Gasteiger partial charge < -0.3 is 15.2 Å². The van der Waals surface area contributed by atoms with E-state index in [0.717, 1.165) is 43.4 Å². The molecule has 27 heavy (non-hydrogen) atoms. The van der Waals surface area contributed by atoms with Gasteiger partial charge in [-0.3, -0.25) is 4.79 Å². The Morgan fingerprint density at radius 1 is 1.11 bits per heavy atom. The maximum atomic E-state index is 12.5. The largest absolute Gasteiger partial charge is 0.545 e. The molecule has 1 saturated carbocycles. The summed E-state index contributed by atoms with van der Waals surface area (Å²) in [4.78, 5) is 23.7. The summed E-state index contributed by atoms with van der Waals surface area (Å²) >= 11 is 0.986. The number of para-hydroxylation sites is 1. The minimum Gasteiger partial charge on any atom is -0.545 e. The van der Waals surface area contributed by atoms with Crippen molar-refractivity contribution < 1.29 is 23.1 Å². The van der Waals surface area contributed by atoms with Gasteiger partial charge in [-0.2, -0.15) is 0 Å². The van der Waals surface area contributed by atoms with Crippen LogP contribution >= 0.6 is 11.3 Å². The molecule has 0 aliphatic heterocycles. The van der Waals surface area contributed by atoms with E-state index in [0.29, 0.717) is 0 Å². The Labute approximate surface area is 161 Å². The fraction of sp³-hybridized carbons (Fsp3) is 0.333. The minimum absolute atomic E-state index is 0.0383. The van der Waals surface area contributed by atoms with Crippen molar-refractivity contribution in [2.75, 3.05) is 5.32 Å². The van der Waals surface area contributed by atoms with E-state index < -0.39 is 21.9 Å². The number of carboxylic acid groups (broad SMARTS) is 1. The van der Waals surface area contributed by atoms with Gasteiger partial charge in [-0.15, -0.1) is 11.3 Å². The van der Waals surface area contributed by atoms with Gasteiger partial charge in [-0.05, 0) is 25.0 Å². The number of amides is 1. The third-order valence-corrected chi connectivity index (χ3v) is 7.01. The average molecular weight is 407 g/mol. The Hall–Kier alpha value is -2.23. The Morgan fingerprint density at radius 3 is 2.52 bits per heavy atom. The number of hydrogen-bond donors (Lipinski definition) is 2. The number of anilines is 1. The third-order valence-electron chi connectivity index (χ3n) is 4.43. The smallest absolute Gasteiger partial charge is 0.265 e. The number of rotatable bonds is 6. The number of thiophene rings is 1. The van der Waals surface area contributed by atoms with E-state index in [2.05, 4.69) is 10.0 Å². The van der Waals surface area contributed by atoms with Gasteiger partial charge in [0, 0.05) is 17.0 Å². The molecule has 0 atom stereocenters. The van der Waals surface area contributed by atoms with Crippen molar-refractivity contribution in [3.05, 3.63) is 46.2 Å². The van der Waals surface area contributed by atoms with Gasteiger partial charge in [-0.1, -0.05) is 37.5 Å². The molecule has 3 rings (SSSR count). The van der Waals surface area contributed by atoms with Crippen LogP contribution in [-0.2, 0) is 10.0 Å². The summed E-state index contributed by atoms with van der Waals surface area (Å²) in [7, 11) is -3.69. The summed E-state index contributed by atoms with van der Waals surface area (Å²) in [6, 6.07) is 7.10. The number of aromatic carboxylic acids is 1. The topological polar surface area (TPSA) is 115 Å². The first-order valence-corrected chi connectivity index (χ1v) is 11.0. The molecule has 0 bridgehead atoms. The molecule has 1 amide bonds. The number of benzene rings is 1. The van der Waals surface area contributed by atoms with Crippen LogP contribution in [-0.4, -0.2) is 26.3 Å². The lowest BCUT2D eigenvalue weighted by molar-refractivity contribution is -0.254. The normalized spacial score (nSPS) is 15.4. The monoisotopic (exact) mass is 407 g/mol. The zero-order chi connectivity index (χ0) is 19.4. The van der Waals surface area contributed by atoms with E-state index in [1.165, 1.54) is 29.6 Å². The van der Waals surface area contributed by atoms with Crippen molar-refractivity contribution >= 4 is 38.9 Å². The average Bonchev–Trinajstić information content (AvgIpc) is 3.14. The molecule has 144 valence electrons. The Bertz CT molecular complexity index is 946. The summed E-state index contributed by atoms with van der Waals surface area (Å²) in [6.07, 6.45) is 4.76. The molecule has 1 aliphatic rings. The van der Waals surface area contributed by atoms with Crippen LogP contribution in [0.2, 0.25) is 0 Å². The Balaban J connectivity index is 1.73. The molecular weight excluding hydrogens is 388 g/mol. The second-order valence-electron chi connectivity index (χ2n) is 6.39. The standard InChI is InChI=1S/C18H20N2O5S2/c21-17(19-15-9-5-4-8-14(15)18(22)23)16-10-13(11-26-16)27(24,25)20-12-6-2-1-3-7-12/h4-5,8-12,20H,1-3,6-7H2,(H,19,21)(H,22,23)/p-1. The van der Waals surface area contributed by atoms with Crippen LogP contribution in [0.5, 0.6) is 0 Å². The first-order chi connectivity index (χ1) is 12.9. The molecular formula is C18H19N2O5S2-. The lowest BCUT2D eigenvalue weighted by atomic mass is 9.96. The Morgan fingerprint density at radius 2 is 1.81 bits per heavy atom. The highest BCUT2D eigenvalue weighted by atomic mass is 32.2. The summed E-state index contributed by atoms with van der Waals surface area (Å²) < 4.78 is 27.7. The van der Waals surface area contributed by atoms with Gasteiger partial charge in [0.25, 0.3) is 5.91 Å². The number of nitrogens with one attached hydrogen (secondary N) is 2. The maximum Gasteiger partial charge on any atom is 0.265 e. The highest BCUT2D eigenvalue weighted by molar-refractivity contribution is 7.89. The maximum absolute atomic E-state index is 12.5. The van der Waals surface area contributed by atoms with Gasteiger partial charge >= 0.3 is 0 Å². The van der Waals surface area contributed by atoms with E-state index in [4.69, 9.17) is 0 Å². The Kier molecular flexibility index (Phi) is 5.93. The molecule has 1 aliphatic carbocycles. The molecule has 1 aromatic carbocycles. The van der Waals surface area contributed by atoms with Gasteiger partial charge in [0.05, 0.1) is 21.4 Å². The minimum atomic E-state index is -3.69. The van der Waals surface area contributed by atoms with Crippen molar-refractivity contribution in [1.82, 2.24) is 4.72 Å². The first kappa shape index (κ1) is 19.5. The second-order valence-corrected chi connectivity index (χ2v) is 9.02. The van der Waals surface area contributed by atoms with Crippen LogP contribution in [0.15, 0.2) is 40.6 Å². The van der Waals surface area contributed by atoms with Crippen molar-refractivity contribution in [2.45, 2.75) is 43.0 Å². The fourth-order valence-corrected chi connectivity index (χ4v) is 5.51. The van der Waals surface area contributed by atoms with Crippen LogP contribution in [0.3, 0.4) is 0 Å². The molecule has 9 heteroatoms. The molecule has 1 heterocycles. The highest BCUT2D eigenvalue weighted by Crippen LogP contribution is 2.24.